The lowest BCUT2D eigenvalue weighted by Crippen LogP contribution is -2.46. The number of phenols is 1. The Hall–Kier alpha value is -2.37. The van der Waals surface area contributed by atoms with Gasteiger partial charge in [-0.3, -0.25) is 19.8 Å². The van der Waals surface area contributed by atoms with Gasteiger partial charge in [-0.25, -0.2) is 0 Å². The second kappa shape index (κ2) is 5.20. The van der Waals surface area contributed by atoms with Crippen LogP contribution in [0.3, 0.4) is 0 Å². The molecule has 6 heteroatoms. The van der Waals surface area contributed by atoms with Crippen LogP contribution in [0.25, 0.3) is 0 Å². The van der Waals surface area contributed by atoms with E-state index in [9.17, 15) is 19.5 Å². The first-order valence-corrected chi connectivity index (χ1v) is 7.06. The largest absolute Gasteiger partial charge is 0.507 e. The number of carbonyl (C=O) groups excluding carboxylic acids is 3. The van der Waals surface area contributed by atoms with Crippen molar-refractivity contribution in [2.75, 3.05) is 0 Å². The van der Waals surface area contributed by atoms with Crippen molar-refractivity contribution in [1.29, 1.82) is 0 Å². The Morgan fingerprint density at radius 1 is 1.10 bits per heavy atom. The number of hydrogen-bond donors (Lipinski definition) is 2. The maximum absolute atomic E-state index is 12.2. The van der Waals surface area contributed by atoms with Gasteiger partial charge in [-0.05, 0) is 25.0 Å². The molecule has 3 rings (SSSR count). The Morgan fingerprint density at radius 2 is 1.67 bits per heavy atom. The van der Waals surface area contributed by atoms with E-state index in [1.54, 1.807) is 12.1 Å². The summed E-state index contributed by atoms with van der Waals surface area (Å²) >= 11 is 0. The molecule has 1 aromatic carbocycles. The van der Waals surface area contributed by atoms with E-state index < -0.39 is 5.91 Å². The number of imide groups is 1. The van der Waals surface area contributed by atoms with Gasteiger partial charge in [0.15, 0.2) is 0 Å². The minimum atomic E-state index is -0.659. The van der Waals surface area contributed by atoms with Crippen LogP contribution in [0, 0.1) is 11.8 Å². The average Bonchev–Trinajstić information content (AvgIpc) is 2.73. The highest BCUT2D eigenvalue weighted by atomic mass is 16.3. The van der Waals surface area contributed by atoms with E-state index in [1.807, 2.05) is 0 Å². The second-order valence-electron chi connectivity index (χ2n) is 5.47. The van der Waals surface area contributed by atoms with Gasteiger partial charge >= 0.3 is 0 Å². The van der Waals surface area contributed by atoms with Crippen LogP contribution in [0.15, 0.2) is 24.3 Å². The number of aromatic hydroxyl groups is 1. The zero-order valence-corrected chi connectivity index (χ0v) is 11.4. The number of carbonyl (C=O) groups is 3. The van der Waals surface area contributed by atoms with Crippen molar-refractivity contribution in [3.63, 3.8) is 0 Å². The van der Waals surface area contributed by atoms with Gasteiger partial charge in [-0.15, -0.1) is 0 Å². The summed E-state index contributed by atoms with van der Waals surface area (Å²) in [6.45, 7) is 0. The Morgan fingerprint density at radius 3 is 2.24 bits per heavy atom. The molecule has 110 valence electrons. The summed E-state index contributed by atoms with van der Waals surface area (Å²) in [6.07, 6.45) is 3.25. The first kappa shape index (κ1) is 13.6. The Kier molecular flexibility index (Phi) is 3.37. The van der Waals surface area contributed by atoms with E-state index in [0.717, 1.165) is 17.9 Å². The van der Waals surface area contributed by atoms with Crippen LogP contribution in [0.2, 0.25) is 0 Å². The van der Waals surface area contributed by atoms with Gasteiger partial charge < -0.3 is 5.11 Å². The van der Waals surface area contributed by atoms with Gasteiger partial charge in [0, 0.05) is 0 Å². The van der Waals surface area contributed by atoms with E-state index in [1.165, 1.54) is 12.1 Å². The molecule has 1 aliphatic heterocycles. The topological polar surface area (TPSA) is 86.7 Å². The molecule has 6 nitrogen and oxygen atoms in total. The minimum absolute atomic E-state index is 0.0352. The zero-order chi connectivity index (χ0) is 15.0. The maximum atomic E-state index is 12.2. The number of phenolic OH excluding ortho intramolecular Hbond substituents is 1. The summed E-state index contributed by atoms with van der Waals surface area (Å²) in [5.74, 6) is -2.14. The molecule has 2 fully saturated rings. The average molecular weight is 288 g/mol. The van der Waals surface area contributed by atoms with Crippen molar-refractivity contribution in [3.05, 3.63) is 29.8 Å². The number of para-hydroxylation sites is 1. The van der Waals surface area contributed by atoms with Gasteiger partial charge in [0.05, 0.1) is 17.4 Å². The lowest BCUT2D eigenvalue weighted by Gasteiger charge is -2.19. The first-order valence-electron chi connectivity index (χ1n) is 7.06. The Bertz CT molecular complexity index is 589. The van der Waals surface area contributed by atoms with Crippen LogP contribution in [0.5, 0.6) is 5.75 Å². The number of benzene rings is 1. The maximum Gasteiger partial charge on any atom is 0.274 e. The van der Waals surface area contributed by atoms with Crippen molar-refractivity contribution >= 4 is 17.7 Å². The third kappa shape index (κ3) is 2.26. The molecule has 1 saturated carbocycles. The minimum Gasteiger partial charge on any atom is -0.507 e. The van der Waals surface area contributed by atoms with Crippen molar-refractivity contribution in [2.45, 2.75) is 25.7 Å². The summed E-state index contributed by atoms with van der Waals surface area (Å²) in [4.78, 5) is 36.6. The van der Waals surface area contributed by atoms with Crippen molar-refractivity contribution < 1.29 is 19.5 Å². The summed E-state index contributed by atoms with van der Waals surface area (Å²) in [6, 6.07) is 6.00. The summed E-state index contributed by atoms with van der Waals surface area (Å²) in [5, 5.41) is 10.5. The standard InChI is InChI=1S/C15H16N2O4/c18-12-8-4-3-7-11(12)13(19)16-17-14(20)9-5-1-2-6-10(9)15(17)21/h3-4,7-10,18H,1-2,5-6H2,(H,16,19). The first-order chi connectivity index (χ1) is 10.1. The molecule has 1 aliphatic carbocycles. The van der Waals surface area contributed by atoms with Crippen LogP contribution in [0.1, 0.15) is 36.0 Å². The van der Waals surface area contributed by atoms with E-state index >= 15 is 0 Å². The second-order valence-corrected chi connectivity index (χ2v) is 5.47. The fourth-order valence-electron chi connectivity index (χ4n) is 3.10. The lowest BCUT2D eigenvalue weighted by molar-refractivity contribution is -0.142. The number of fused-ring (bicyclic) bond motifs is 1. The third-order valence-corrected chi connectivity index (χ3v) is 4.20. The molecule has 1 heterocycles. The van der Waals surface area contributed by atoms with Gasteiger partial charge in [0.25, 0.3) is 17.7 Å². The van der Waals surface area contributed by atoms with E-state index in [2.05, 4.69) is 5.43 Å². The predicted octanol–water partition coefficient (Wildman–Crippen LogP) is 1.21. The van der Waals surface area contributed by atoms with E-state index in [0.29, 0.717) is 12.8 Å². The summed E-state index contributed by atoms with van der Waals surface area (Å²) < 4.78 is 0. The highest BCUT2D eigenvalue weighted by Gasteiger charge is 2.49. The molecule has 2 aliphatic rings. The van der Waals surface area contributed by atoms with Crippen LogP contribution < -0.4 is 5.43 Å². The zero-order valence-electron chi connectivity index (χ0n) is 11.4. The van der Waals surface area contributed by atoms with Crippen molar-refractivity contribution in [2.24, 2.45) is 11.8 Å². The normalized spacial score (nSPS) is 24.9. The number of nitrogens with zero attached hydrogens (tertiary/aromatic N) is 1. The fraction of sp³-hybridized carbons (Fsp3) is 0.400. The molecule has 0 aromatic heterocycles. The molecular formula is C15H16N2O4. The van der Waals surface area contributed by atoms with Gasteiger partial charge in [0.1, 0.15) is 5.75 Å². The molecule has 0 bridgehead atoms. The molecule has 0 spiro atoms. The molecule has 0 radical (unpaired) electrons. The van der Waals surface area contributed by atoms with Crippen LogP contribution >= 0.6 is 0 Å². The summed E-state index contributed by atoms with van der Waals surface area (Å²) in [5.41, 5.74) is 2.36. The Balaban J connectivity index is 1.79. The van der Waals surface area contributed by atoms with Crippen LogP contribution in [-0.4, -0.2) is 27.8 Å². The molecule has 21 heavy (non-hydrogen) atoms. The lowest BCUT2D eigenvalue weighted by atomic mass is 9.81. The fourth-order valence-corrected chi connectivity index (χ4v) is 3.10. The van der Waals surface area contributed by atoms with E-state index in [4.69, 9.17) is 0 Å². The molecule has 2 N–H and O–H groups in total. The summed E-state index contributed by atoms with van der Waals surface area (Å²) in [7, 11) is 0. The highest BCUT2D eigenvalue weighted by Crippen LogP contribution is 2.37. The SMILES string of the molecule is O=C(NN1C(=O)C2CCCCC2C1=O)c1ccccc1O. The predicted molar refractivity (Wildman–Crippen MR) is 72.9 cm³/mol. The number of hydrazine groups is 1. The molecule has 1 aromatic rings. The van der Waals surface area contributed by atoms with Crippen LogP contribution in [-0.2, 0) is 9.59 Å². The number of rotatable bonds is 2. The van der Waals surface area contributed by atoms with Crippen molar-refractivity contribution in [1.82, 2.24) is 10.4 Å². The third-order valence-electron chi connectivity index (χ3n) is 4.20. The molecule has 1 saturated heterocycles. The molecule has 3 amide bonds. The Labute approximate surface area is 121 Å². The molecule has 2 unspecified atom stereocenters. The van der Waals surface area contributed by atoms with Crippen LogP contribution in [0.4, 0.5) is 0 Å². The van der Waals surface area contributed by atoms with Crippen molar-refractivity contribution in [3.8, 4) is 5.75 Å². The number of hydrogen-bond acceptors (Lipinski definition) is 4. The number of nitrogens with one attached hydrogen (secondary N) is 1. The number of amides is 3. The molecular weight excluding hydrogens is 272 g/mol. The van der Waals surface area contributed by atoms with E-state index in [-0.39, 0.29) is 35.0 Å². The molecule has 2 atom stereocenters. The highest BCUT2D eigenvalue weighted by molar-refractivity contribution is 6.08. The van der Waals surface area contributed by atoms with Gasteiger partial charge in [0.2, 0.25) is 0 Å². The quantitative estimate of drug-likeness (QED) is 0.801. The van der Waals surface area contributed by atoms with Gasteiger partial charge in [-0.1, -0.05) is 25.0 Å². The monoisotopic (exact) mass is 288 g/mol. The smallest absolute Gasteiger partial charge is 0.274 e. The van der Waals surface area contributed by atoms with Gasteiger partial charge in [-0.2, -0.15) is 5.01 Å².